The van der Waals surface area contributed by atoms with Gasteiger partial charge in [0.15, 0.2) is 0 Å². The lowest BCUT2D eigenvalue weighted by molar-refractivity contribution is -0.398. The molecule has 1 N–H and O–H groups in total. The van der Waals surface area contributed by atoms with Crippen LogP contribution in [0, 0.1) is 21.4 Å². The van der Waals surface area contributed by atoms with Crippen molar-refractivity contribution in [1.82, 2.24) is 5.32 Å². The van der Waals surface area contributed by atoms with Gasteiger partial charge in [-0.25, -0.2) is 0 Å². The molecule has 0 aromatic heterocycles. The Morgan fingerprint density at radius 1 is 1.50 bits per heavy atom. The summed E-state index contributed by atoms with van der Waals surface area (Å²) in [4.78, 5) is 21.5. The zero-order valence-corrected chi connectivity index (χ0v) is 10.9. The number of carbonyl (C=O) groups excluding carboxylic acids is 1. The van der Waals surface area contributed by atoms with Crippen molar-refractivity contribution in [3.8, 4) is 11.8 Å². The van der Waals surface area contributed by atoms with E-state index in [0.29, 0.717) is 0 Å². The lowest BCUT2D eigenvalue weighted by Gasteiger charge is -2.08. The zero-order valence-electron chi connectivity index (χ0n) is 10.9. The normalized spacial score (nSPS) is 11.0. The molecule has 0 aliphatic heterocycles. The number of carbonyl (C=O) groups is 1. The standard InChI is InChI=1S/C13H13N3O4/c1-8(2)15-13(18)10(7-14)5-9-3-4-12(17)11(6-9)16(19)20/h3-6,8,17H,1-2H3,(H,15,18)/p-1/b10-5+. The maximum atomic E-state index is 11.7. The fraction of sp³-hybridized carbons (Fsp3) is 0.231. The van der Waals surface area contributed by atoms with E-state index in [2.05, 4.69) is 5.32 Å². The fourth-order valence-corrected chi connectivity index (χ4v) is 1.42. The van der Waals surface area contributed by atoms with Gasteiger partial charge in [0.25, 0.3) is 11.6 Å². The molecule has 0 bridgehead atoms. The first kappa shape index (κ1) is 15.2. The van der Waals surface area contributed by atoms with Crippen LogP contribution in [-0.2, 0) is 4.79 Å². The highest BCUT2D eigenvalue weighted by molar-refractivity contribution is 6.01. The van der Waals surface area contributed by atoms with E-state index in [1.165, 1.54) is 12.1 Å². The van der Waals surface area contributed by atoms with Crippen molar-refractivity contribution >= 4 is 17.7 Å². The van der Waals surface area contributed by atoms with Crippen LogP contribution in [0.1, 0.15) is 19.4 Å². The Bertz CT molecular complexity index is 615. The Labute approximate surface area is 115 Å². The third-order valence-electron chi connectivity index (χ3n) is 2.28. The van der Waals surface area contributed by atoms with Crippen LogP contribution in [0.4, 0.5) is 5.69 Å². The van der Waals surface area contributed by atoms with E-state index in [9.17, 15) is 20.0 Å². The van der Waals surface area contributed by atoms with Crippen LogP contribution in [0.2, 0.25) is 0 Å². The van der Waals surface area contributed by atoms with Crippen LogP contribution in [0.25, 0.3) is 6.08 Å². The molecule has 0 aliphatic carbocycles. The highest BCUT2D eigenvalue weighted by atomic mass is 16.6. The van der Waals surface area contributed by atoms with Crippen molar-refractivity contribution in [3.63, 3.8) is 0 Å². The molecule has 20 heavy (non-hydrogen) atoms. The van der Waals surface area contributed by atoms with E-state index >= 15 is 0 Å². The summed E-state index contributed by atoms with van der Waals surface area (Å²) < 4.78 is 0. The molecule has 0 radical (unpaired) electrons. The topological polar surface area (TPSA) is 119 Å². The van der Waals surface area contributed by atoms with E-state index in [1.54, 1.807) is 19.9 Å². The largest absolute Gasteiger partial charge is 0.868 e. The summed E-state index contributed by atoms with van der Waals surface area (Å²) in [6, 6.07) is 4.95. The molecule has 1 aromatic rings. The minimum Gasteiger partial charge on any atom is -0.868 e. The fourth-order valence-electron chi connectivity index (χ4n) is 1.42. The Morgan fingerprint density at radius 2 is 2.15 bits per heavy atom. The van der Waals surface area contributed by atoms with Gasteiger partial charge in [-0.1, -0.05) is 12.1 Å². The van der Waals surface area contributed by atoms with Crippen molar-refractivity contribution in [2.45, 2.75) is 19.9 Å². The summed E-state index contributed by atoms with van der Waals surface area (Å²) in [7, 11) is 0. The van der Waals surface area contributed by atoms with Crippen LogP contribution in [0.5, 0.6) is 5.75 Å². The van der Waals surface area contributed by atoms with Gasteiger partial charge in [0, 0.05) is 12.1 Å². The first-order chi connectivity index (χ1) is 9.35. The summed E-state index contributed by atoms with van der Waals surface area (Å²) in [6.45, 7) is 3.48. The van der Waals surface area contributed by atoms with Gasteiger partial charge < -0.3 is 10.4 Å². The van der Waals surface area contributed by atoms with Crippen LogP contribution in [0.3, 0.4) is 0 Å². The molecule has 0 spiro atoms. The Hall–Kier alpha value is -2.88. The molecule has 1 amide bonds. The number of benzene rings is 1. The van der Waals surface area contributed by atoms with Crippen molar-refractivity contribution in [2.75, 3.05) is 0 Å². The van der Waals surface area contributed by atoms with Crippen molar-refractivity contribution in [3.05, 3.63) is 39.4 Å². The van der Waals surface area contributed by atoms with E-state index < -0.39 is 22.3 Å². The minimum atomic E-state index is -0.806. The highest BCUT2D eigenvalue weighted by Gasteiger charge is 2.12. The second-order valence-electron chi connectivity index (χ2n) is 4.28. The van der Waals surface area contributed by atoms with Crippen LogP contribution < -0.4 is 10.4 Å². The van der Waals surface area contributed by atoms with Crippen molar-refractivity contribution in [2.24, 2.45) is 0 Å². The molecule has 0 fully saturated rings. The molecule has 0 saturated heterocycles. The highest BCUT2D eigenvalue weighted by Crippen LogP contribution is 2.24. The number of nitro benzene ring substituents is 1. The molecule has 0 saturated carbocycles. The predicted octanol–water partition coefficient (Wildman–Crippen LogP) is 1.10. The quantitative estimate of drug-likeness (QED) is 0.381. The van der Waals surface area contributed by atoms with Gasteiger partial charge in [0.05, 0.1) is 4.92 Å². The predicted molar refractivity (Wildman–Crippen MR) is 69.4 cm³/mol. The van der Waals surface area contributed by atoms with Gasteiger partial charge in [-0.3, -0.25) is 14.9 Å². The van der Waals surface area contributed by atoms with Crippen molar-refractivity contribution < 1.29 is 14.8 Å². The number of hydrogen-bond donors (Lipinski definition) is 1. The molecule has 0 unspecified atom stereocenters. The minimum absolute atomic E-state index is 0.141. The Morgan fingerprint density at radius 3 is 2.65 bits per heavy atom. The number of nitrogens with zero attached hydrogens (tertiary/aromatic N) is 2. The van der Waals surface area contributed by atoms with Gasteiger partial charge in [-0.15, -0.1) is 0 Å². The monoisotopic (exact) mass is 274 g/mol. The van der Waals surface area contributed by atoms with Crippen LogP contribution in [0.15, 0.2) is 23.8 Å². The molecule has 1 aromatic carbocycles. The lowest BCUT2D eigenvalue weighted by Crippen LogP contribution is -2.30. The molecule has 104 valence electrons. The Kier molecular flexibility index (Phi) is 4.81. The van der Waals surface area contributed by atoms with Crippen molar-refractivity contribution in [1.29, 1.82) is 5.26 Å². The summed E-state index contributed by atoms with van der Waals surface area (Å²) in [6.07, 6.45) is 1.20. The molecular formula is C13H12N3O4-. The molecule has 0 heterocycles. The van der Waals surface area contributed by atoms with Gasteiger partial charge in [-0.2, -0.15) is 5.26 Å². The second kappa shape index (κ2) is 6.33. The SMILES string of the molecule is CC(C)NC(=O)/C(C#N)=C/c1ccc([O-])c([N+](=O)[O-])c1. The summed E-state index contributed by atoms with van der Waals surface area (Å²) in [5.41, 5.74) is -0.543. The van der Waals surface area contributed by atoms with Crippen LogP contribution >= 0.6 is 0 Å². The molecule has 0 atom stereocenters. The smallest absolute Gasteiger partial charge is 0.262 e. The first-order valence-electron chi connectivity index (χ1n) is 5.73. The molecule has 7 nitrogen and oxygen atoms in total. The maximum absolute atomic E-state index is 11.7. The second-order valence-corrected chi connectivity index (χ2v) is 4.28. The van der Waals surface area contributed by atoms with Gasteiger partial charge in [0.2, 0.25) is 0 Å². The molecule has 1 rings (SSSR count). The average Bonchev–Trinajstić information content (AvgIpc) is 2.36. The summed E-state index contributed by atoms with van der Waals surface area (Å²) in [5.74, 6) is -1.30. The third-order valence-corrected chi connectivity index (χ3v) is 2.28. The number of rotatable bonds is 4. The number of hydrogen-bond acceptors (Lipinski definition) is 5. The summed E-state index contributed by atoms with van der Waals surface area (Å²) >= 11 is 0. The zero-order chi connectivity index (χ0) is 15.3. The molecule has 0 aliphatic rings. The molecular weight excluding hydrogens is 262 g/mol. The van der Waals surface area contributed by atoms with E-state index in [4.69, 9.17) is 5.26 Å². The van der Waals surface area contributed by atoms with Gasteiger partial charge in [-0.05, 0) is 31.2 Å². The van der Waals surface area contributed by atoms with Gasteiger partial charge in [0.1, 0.15) is 11.6 Å². The van der Waals surface area contributed by atoms with E-state index in [0.717, 1.165) is 12.1 Å². The maximum Gasteiger partial charge on any atom is 0.262 e. The van der Waals surface area contributed by atoms with Crippen LogP contribution in [-0.4, -0.2) is 16.9 Å². The number of nitriles is 1. The number of nitro groups is 1. The Balaban J connectivity index is 3.14. The van der Waals surface area contributed by atoms with E-state index in [-0.39, 0.29) is 17.2 Å². The third kappa shape index (κ3) is 3.81. The average molecular weight is 274 g/mol. The van der Waals surface area contributed by atoms with Gasteiger partial charge >= 0.3 is 0 Å². The number of nitrogens with one attached hydrogen (secondary N) is 1. The number of amides is 1. The van der Waals surface area contributed by atoms with E-state index in [1.807, 2.05) is 0 Å². The summed E-state index contributed by atoms with van der Waals surface area (Å²) in [5, 5.41) is 33.4. The lowest BCUT2D eigenvalue weighted by atomic mass is 10.1. The first-order valence-corrected chi connectivity index (χ1v) is 5.73. The molecule has 7 heteroatoms.